The van der Waals surface area contributed by atoms with Crippen molar-refractivity contribution < 1.29 is 14.4 Å². The summed E-state index contributed by atoms with van der Waals surface area (Å²) in [5.41, 5.74) is 2.77. The van der Waals surface area contributed by atoms with Crippen molar-refractivity contribution in [1.82, 2.24) is 20.4 Å². The second kappa shape index (κ2) is 8.24. The van der Waals surface area contributed by atoms with Gasteiger partial charge in [0.1, 0.15) is 6.04 Å². The second-order valence-electron chi connectivity index (χ2n) is 8.72. The summed E-state index contributed by atoms with van der Waals surface area (Å²) in [5.74, 6) is -0.698. The second-order valence-corrected chi connectivity index (χ2v) is 8.72. The van der Waals surface area contributed by atoms with Gasteiger partial charge >= 0.3 is 0 Å². The van der Waals surface area contributed by atoms with Crippen molar-refractivity contribution >= 4 is 17.7 Å². The van der Waals surface area contributed by atoms with Crippen LogP contribution in [0.2, 0.25) is 0 Å². The fourth-order valence-corrected chi connectivity index (χ4v) is 4.79. The van der Waals surface area contributed by atoms with E-state index in [9.17, 15) is 14.4 Å². The molecule has 0 radical (unpaired) electrons. The van der Waals surface area contributed by atoms with E-state index in [-0.39, 0.29) is 24.1 Å². The van der Waals surface area contributed by atoms with E-state index in [0.29, 0.717) is 25.0 Å². The van der Waals surface area contributed by atoms with Crippen molar-refractivity contribution in [3.05, 3.63) is 34.9 Å². The van der Waals surface area contributed by atoms with Gasteiger partial charge in [-0.15, -0.1) is 0 Å². The molecule has 0 bridgehead atoms. The monoisotopic (exact) mass is 398 g/mol. The number of nitrogens with zero attached hydrogens (tertiary/aromatic N) is 2. The van der Waals surface area contributed by atoms with Crippen molar-refractivity contribution in [1.29, 1.82) is 0 Å². The van der Waals surface area contributed by atoms with Crippen LogP contribution < -0.4 is 10.6 Å². The Morgan fingerprint density at radius 1 is 1.14 bits per heavy atom. The molecule has 2 fully saturated rings. The van der Waals surface area contributed by atoms with Crippen LogP contribution >= 0.6 is 0 Å². The summed E-state index contributed by atoms with van der Waals surface area (Å²) in [7, 11) is 0. The van der Waals surface area contributed by atoms with Crippen molar-refractivity contribution in [3.8, 4) is 0 Å². The third-order valence-electron chi connectivity index (χ3n) is 6.19. The van der Waals surface area contributed by atoms with E-state index in [1.54, 1.807) is 4.90 Å². The topological polar surface area (TPSA) is 81.8 Å². The Kier molecular flexibility index (Phi) is 5.69. The van der Waals surface area contributed by atoms with Gasteiger partial charge in [0.25, 0.3) is 5.91 Å². The lowest BCUT2D eigenvalue weighted by molar-refractivity contribution is -0.136. The Hall–Kier alpha value is -2.25. The minimum absolute atomic E-state index is 0.0820. The molecule has 1 aromatic carbocycles. The van der Waals surface area contributed by atoms with Crippen LogP contribution in [0, 0.1) is 0 Å². The number of rotatable bonds is 5. The fourth-order valence-electron chi connectivity index (χ4n) is 4.79. The maximum Gasteiger partial charge on any atom is 0.255 e. The Morgan fingerprint density at radius 2 is 1.90 bits per heavy atom. The van der Waals surface area contributed by atoms with Crippen LogP contribution in [0.4, 0.5) is 0 Å². The Morgan fingerprint density at radius 3 is 2.59 bits per heavy atom. The van der Waals surface area contributed by atoms with Crippen LogP contribution in [0.25, 0.3) is 0 Å². The summed E-state index contributed by atoms with van der Waals surface area (Å²) < 4.78 is 0. The largest absolute Gasteiger partial charge is 0.322 e. The van der Waals surface area contributed by atoms with E-state index in [4.69, 9.17) is 0 Å². The Bertz CT molecular complexity index is 814. The number of piperidine rings is 2. The highest BCUT2D eigenvalue weighted by Crippen LogP contribution is 2.30. The van der Waals surface area contributed by atoms with Crippen LogP contribution in [0.15, 0.2) is 18.2 Å². The number of amides is 3. The number of fused-ring (bicyclic) bond motifs is 1. The van der Waals surface area contributed by atoms with Crippen LogP contribution in [0.1, 0.15) is 61.0 Å². The first-order valence-electron chi connectivity index (χ1n) is 10.7. The molecule has 3 aliphatic rings. The predicted molar refractivity (Wildman–Crippen MR) is 109 cm³/mol. The summed E-state index contributed by atoms with van der Waals surface area (Å²) in [4.78, 5) is 40.9. The van der Waals surface area contributed by atoms with Gasteiger partial charge in [-0.25, -0.2) is 0 Å². The summed E-state index contributed by atoms with van der Waals surface area (Å²) in [6.45, 7) is 7.58. The van der Waals surface area contributed by atoms with E-state index < -0.39 is 6.04 Å². The maximum absolute atomic E-state index is 13.2. The lowest BCUT2D eigenvalue weighted by Gasteiger charge is -2.33. The lowest BCUT2D eigenvalue weighted by Crippen LogP contribution is -2.52. The zero-order valence-electron chi connectivity index (χ0n) is 17.2. The summed E-state index contributed by atoms with van der Waals surface area (Å²) in [6, 6.07) is 6.52. The van der Waals surface area contributed by atoms with Gasteiger partial charge in [-0.1, -0.05) is 32.0 Å². The number of likely N-dealkylation sites (tertiary alicyclic amines) is 1. The predicted octanol–water partition coefficient (Wildman–Crippen LogP) is 1.41. The van der Waals surface area contributed by atoms with Gasteiger partial charge in [-0.3, -0.25) is 24.6 Å². The third-order valence-corrected chi connectivity index (χ3v) is 6.19. The standard InChI is InChI=1S/C22H30N4O3/c1-14(2)23-17-8-10-25(11-9-17)12-15-4-3-5-16-13-26(22(29)20(15)16)18-6-7-19(27)24-21(18)28/h3-5,14,17-18,23H,6-13H2,1-2H3,(H,24,27,28). The van der Waals surface area contributed by atoms with E-state index in [1.807, 2.05) is 18.2 Å². The maximum atomic E-state index is 13.2. The number of hydrogen-bond donors (Lipinski definition) is 2. The average molecular weight is 399 g/mol. The van der Waals surface area contributed by atoms with Gasteiger partial charge in [0.2, 0.25) is 11.8 Å². The molecule has 0 aliphatic carbocycles. The van der Waals surface area contributed by atoms with Gasteiger partial charge in [-0.05, 0) is 43.5 Å². The molecule has 1 unspecified atom stereocenters. The van der Waals surface area contributed by atoms with Gasteiger partial charge in [0, 0.05) is 37.2 Å². The highest BCUT2D eigenvalue weighted by Gasteiger charge is 2.40. The van der Waals surface area contributed by atoms with Crippen LogP contribution in [0.5, 0.6) is 0 Å². The molecular formula is C22H30N4O3. The van der Waals surface area contributed by atoms with Crippen LogP contribution in [-0.2, 0) is 22.7 Å². The van der Waals surface area contributed by atoms with E-state index >= 15 is 0 Å². The molecule has 0 spiro atoms. The molecule has 3 heterocycles. The first-order chi connectivity index (χ1) is 13.9. The molecule has 29 heavy (non-hydrogen) atoms. The lowest BCUT2D eigenvalue weighted by atomic mass is 10.00. The molecule has 1 aromatic rings. The minimum Gasteiger partial charge on any atom is -0.322 e. The number of benzene rings is 1. The first-order valence-corrected chi connectivity index (χ1v) is 10.7. The molecule has 2 N–H and O–H groups in total. The number of hydrogen-bond acceptors (Lipinski definition) is 5. The number of carbonyl (C=O) groups excluding carboxylic acids is 3. The fraction of sp³-hybridized carbons (Fsp3) is 0.591. The Labute approximate surface area is 171 Å². The minimum atomic E-state index is -0.557. The van der Waals surface area contributed by atoms with Crippen LogP contribution in [-0.4, -0.2) is 58.7 Å². The average Bonchev–Trinajstić information content (AvgIpc) is 3.00. The number of imide groups is 1. The van der Waals surface area contributed by atoms with E-state index in [1.165, 1.54) is 0 Å². The quantitative estimate of drug-likeness (QED) is 0.733. The highest BCUT2D eigenvalue weighted by atomic mass is 16.2. The summed E-state index contributed by atoms with van der Waals surface area (Å²) in [6.07, 6.45) is 2.91. The van der Waals surface area contributed by atoms with E-state index in [0.717, 1.165) is 49.2 Å². The first kappa shape index (κ1) is 20.0. The molecular weight excluding hydrogens is 368 g/mol. The summed E-state index contributed by atoms with van der Waals surface area (Å²) in [5, 5.41) is 5.98. The van der Waals surface area contributed by atoms with Gasteiger partial charge in [0.15, 0.2) is 0 Å². The SMILES string of the molecule is CC(C)NC1CCN(Cc2cccc3c2C(=O)N(C2CCC(=O)NC2=O)C3)CC1. The van der Waals surface area contributed by atoms with Crippen molar-refractivity contribution in [3.63, 3.8) is 0 Å². The van der Waals surface area contributed by atoms with Gasteiger partial charge in [-0.2, -0.15) is 0 Å². The van der Waals surface area contributed by atoms with Crippen molar-refractivity contribution in [2.45, 2.75) is 70.7 Å². The zero-order valence-corrected chi connectivity index (χ0v) is 17.2. The molecule has 3 amide bonds. The van der Waals surface area contributed by atoms with Gasteiger partial charge in [0.05, 0.1) is 0 Å². The molecule has 0 saturated carbocycles. The molecule has 7 heteroatoms. The molecule has 3 aliphatic heterocycles. The number of nitrogens with one attached hydrogen (secondary N) is 2. The Balaban J connectivity index is 1.44. The van der Waals surface area contributed by atoms with E-state index in [2.05, 4.69) is 29.4 Å². The molecule has 0 aromatic heterocycles. The third kappa shape index (κ3) is 4.21. The number of carbonyl (C=O) groups is 3. The molecule has 2 saturated heterocycles. The molecule has 7 nitrogen and oxygen atoms in total. The smallest absolute Gasteiger partial charge is 0.255 e. The highest BCUT2D eigenvalue weighted by molar-refractivity contribution is 6.05. The van der Waals surface area contributed by atoms with Crippen molar-refractivity contribution in [2.75, 3.05) is 13.1 Å². The molecule has 156 valence electrons. The zero-order chi connectivity index (χ0) is 20.5. The molecule has 4 rings (SSSR count). The van der Waals surface area contributed by atoms with Crippen LogP contribution in [0.3, 0.4) is 0 Å². The normalized spacial score (nSPS) is 23.6. The van der Waals surface area contributed by atoms with Crippen molar-refractivity contribution in [2.24, 2.45) is 0 Å². The molecule has 1 atom stereocenters. The van der Waals surface area contributed by atoms with Gasteiger partial charge < -0.3 is 10.2 Å². The summed E-state index contributed by atoms with van der Waals surface area (Å²) >= 11 is 0.